The van der Waals surface area contributed by atoms with Gasteiger partial charge in [-0.1, -0.05) is 0 Å². The van der Waals surface area contributed by atoms with Crippen molar-refractivity contribution in [3.05, 3.63) is 43.0 Å². The Morgan fingerprint density at radius 1 is 1.11 bits per heavy atom. The third-order valence-corrected chi connectivity index (χ3v) is 4.67. The maximum atomic E-state index is 12.5. The summed E-state index contributed by atoms with van der Waals surface area (Å²) < 4.78 is 12.1. The fourth-order valence-electron chi connectivity index (χ4n) is 1.62. The number of ether oxygens (including phenoxy) is 2. The maximum absolute atomic E-state index is 12.5. The molecule has 1 heterocycles. The zero-order chi connectivity index (χ0) is 14.0. The second kappa shape index (κ2) is 6.07. The van der Waals surface area contributed by atoms with Gasteiger partial charge in [-0.05, 0) is 50.1 Å². The normalized spacial score (nSPS) is 10.3. The van der Waals surface area contributed by atoms with Crippen LogP contribution in [0.1, 0.15) is 15.9 Å². The predicted octanol–water partition coefficient (Wildman–Crippen LogP) is 4.52. The third-order valence-electron chi connectivity index (χ3n) is 2.55. The molecule has 0 spiro atoms. The summed E-state index contributed by atoms with van der Waals surface area (Å²) in [6.07, 6.45) is 0. The highest BCUT2D eigenvalue weighted by molar-refractivity contribution is 9.11. The van der Waals surface area contributed by atoms with Crippen LogP contribution in [0.3, 0.4) is 0 Å². The van der Waals surface area contributed by atoms with Crippen molar-refractivity contribution in [2.45, 2.75) is 0 Å². The first kappa shape index (κ1) is 14.6. The van der Waals surface area contributed by atoms with E-state index in [0.717, 1.165) is 8.26 Å². The average molecular weight is 406 g/mol. The maximum Gasteiger partial charge on any atom is 0.197 e. The quantitative estimate of drug-likeness (QED) is 0.701. The number of hydrogen-bond acceptors (Lipinski definition) is 4. The number of carbonyl (C=O) groups excluding carboxylic acids is 1. The van der Waals surface area contributed by atoms with Crippen LogP contribution in [0.15, 0.2) is 31.8 Å². The van der Waals surface area contributed by atoms with E-state index in [0.29, 0.717) is 22.6 Å². The molecule has 0 N–H and O–H groups in total. The van der Waals surface area contributed by atoms with E-state index >= 15 is 0 Å². The Hall–Kier alpha value is -0.850. The van der Waals surface area contributed by atoms with Gasteiger partial charge >= 0.3 is 0 Å². The van der Waals surface area contributed by atoms with Gasteiger partial charge in [0.05, 0.1) is 28.0 Å². The Morgan fingerprint density at radius 2 is 1.79 bits per heavy atom. The minimum atomic E-state index is -0.0930. The van der Waals surface area contributed by atoms with Crippen molar-refractivity contribution in [2.75, 3.05) is 14.2 Å². The number of carbonyl (C=O) groups is 1. The molecule has 0 bridgehead atoms. The molecule has 0 aliphatic carbocycles. The highest BCUT2D eigenvalue weighted by Gasteiger charge is 2.18. The molecule has 2 aromatic rings. The number of ketones is 1. The van der Waals surface area contributed by atoms with Crippen molar-refractivity contribution in [1.82, 2.24) is 0 Å². The Morgan fingerprint density at radius 3 is 2.32 bits per heavy atom. The van der Waals surface area contributed by atoms with E-state index in [1.54, 1.807) is 30.7 Å². The van der Waals surface area contributed by atoms with Gasteiger partial charge in [0.2, 0.25) is 0 Å². The van der Waals surface area contributed by atoms with Gasteiger partial charge < -0.3 is 9.47 Å². The summed E-state index contributed by atoms with van der Waals surface area (Å²) in [6, 6.07) is 5.20. The second-order valence-electron chi connectivity index (χ2n) is 3.66. The molecule has 0 atom stereocenters. The SMILES string of the molecule is COc1cc(C(=O)c2csc(Br)c2)c(OC)cc1Br. The molecule has 3 nitrogen and oxygen atoms in total. The Bertz CT molecular complexity index is 622. The van der Waals surface area contributed by atoms with Crippen LogP contribution in [0.25, 0.3) is 0 Å². The smallest absolute Gasteiger partial charge is 0.197 e. The van der Waals surface area contributed by atoms with Crippen molar-refractivity contribution >= 4 is 49.0 Å². The molecule has 0 amide bonds. The lowest BCUT2D eigenvalue weighted by Gasteiger charge is -2.11. The number of halogens is 2. The summed E-state index contributed by atoms with van der Waals surface area (Å²) in [5, 5.41) is 1.81. The molecule has 0 radical (unpaired) electrons. The second-order valence-corrected chi connectivity index (χ2v) is 6.80. The molecule has 0 unspecified atom stereocenters. The molecular weight excluding hydrogens is 396 g/mol. The lowest BCUT2D eigenvalue weighted by molar-refractivity contribution is 0.103. The van der Waals surface area contributed by atoms with Gasteiger partial charge in [0.25, 0.3) is 0 Å². The van der Waals surface area contributed by atoms with Crippen molar-refractivity contribution in [3.63, 3.8) is 0 Å². The molecule has 0 saturated heterocycles. The first-order valence-corrected chi connectivity index (χ1v) is 7.73. The van der Waals surface area contributed by atoms with E-state index < -0.39 is 0 Å². The molecule has 2 rings (SSSR count). The van der Waals surface area contributed by atoms with E-state index in [1.807, 2.05) is 0 Å². The molecule has 0 aliphatic heterocycles. The van der Waals surface area contributed by atoms with Crippen molar-refractivity contribution in [3.8, 4) is 11.5 Å². The van der Waals surface area contributed by atoms with Crippen LogP contribution >= 0.6 is 43.2 Å². The highest BCUT2D eigenvalue weighted by Crippen LogP contribution is 2.34. The molecule has 1 aromatic carbocycles. The first-order valence-electron chi connectivity index (χ1n) is 5.27. The van der Waals surface area contributed by atoms with Crippen molar-refractivity contribution in [1.29, 1.82) is 0 Å². The summed E-state index contributed by atoms with van der Waals surface area (Å²) in [5.41, 5.74) is 1.10. The molecule has 0 aliphatic rings. The monoisotopic (exact) mass is 404 g/mol. The van der Waals surface area contributed by atoms with Gasteiger partial charge in [-0.2, -0.15) is 0 Å². The summed E-state index contributed by atoms with van der Waals surface area (Å²) in [7, 11) is 3.09. The number of hydrogen-bond donors (Lipinski definition) is 0. The molecule has 6 heteroatoms. The van der Waals surface area contributed by atoms with Gasteiger partial charge in [-0.3, -0.25) is 4.79 Å². The predicted molar refractivity (Wildman–Crippen MR) is 82.7 cm³/mol. The number of methoxy groups -OCH3 is 2. The minimum absolute atomic E-state index is 0.0930. The van der Waals surface area contributed by atoms with E-state index in [4.69, 9.17) is 9.47 Å². The third kappa shape index (κ3) is 3.01. The van der Waals surface area contributed by atoms with Crippen molar-refractivity contribution < 1.29 is 14.3 Å². The zero-order valence-corrected chi connectivity index (χ0v) is 14.2. The number of rotatable bonds is 4. The molecule has 19 heavy (non-hydrogen) atoms. The molecule has 100 valence electrons. The Labute approximate surface area is 131 Å². The highest BCUT2D eigenvalue weighted by atomic mass is 79.9. The van der Waals surface area contributed by atoms with Crippen LogP contribution in [0.2, 0.25) is 0 Å². The van der Waals surface area contributed by atoms with Gasteiger partial charge in [0.1, 0.15) is 11.5 Å². The van der Waals surface area contributed by atoms with Crippen molar-refractivity contribution in [2.24, 2.45) is 0 Å². The minimum Gasteiger partial charge on any atom is -0.496 e. The van der Waals surface area contributed by atoms with Crippen LogP contribution in [-0.4, -0.2) is 20.0 Å². The van der Waals surface area contributed by atoms with E-state index in [2.05, 4.69) is 31.9 Å². The zero-order valence-electron chi connectivity index (χ0n) is 10.2. The lowest BCUT2D eigenvalue weighted by atomic mass is 10.0. The molecule has 0 fully saturated rings. The first-order chi connectivity index (χ1) is 9.06. The summed E-state index contributed by atoms with van der Waals surface area (Å²) in [4.78, 5) is 12.5. The number of benzene rings is 1. The topological polar surface area (TPSA) is 35.5 Å². The van der Waals surface area contributed by atoms with Crippen LogP contribution in [0, 0.1) is 0 Å². The summed E-state index contributed by atoms with van der Waals surface area (Å²) in [5.74, 6) is 1.02. The average Bonchev–Trinajstić information content (AvgIpc) is 2.84. The van der Waals surface area contributed by atoms with Gasteiger partial charge in [-0.25, -0.2) is 0 Å². The van der Waals surface area contributed by atoms with Crippen LogP contribution in [0.4, 0.5) is 0 Å². The number of thiophene rings is 1. The fourth-order valence-corrected chi connectivity index (χ4v) is 3.24. The molecule has 0 saturated carbocycles. The van der Waals surface area contributed by atoms with E-state index in [9.17, 15) is 4.79 Å². The molecular formula is C13H10Br2O3S. The summed E-state index contributed by atoms with van der Waals surface area (Å²) >= 11 is 8.19. The summed E-state index contributed by atoms with van der Waals surface area (Å²) in [6.45, 7) is 0. The Kier molecular flexibility index (Phi) is 4.65. The molecule has 1 aromatic heterocycles. The largest absolute Gasteiger partial charge is 0.496 e. The Balaban J connectivity index is 2.51. The van der Waals surface area contributed by atoms with Gasteiger partial charge in [-0.15, -0.1) is 11.3 Å². The van der Waals surface area contributed by atoms with Gasteiger partial charge in [0, 0.05) is 10.9 Å². The van der Waals surface area contributed by atoms with Crippen LogP contribution in [0.5, 0.6) is 11.5 Å². The van der Waals surface area contributed by atoms with E-state index in [-0.39, 0.29) is 5.78 Å². The lowest BCUT2D eigenvalue weighted by Crippen LogP contribution is -2.03. The van der Waals surface area contributed by atoms with Gasteiger partial charge in [0.15, 0.2) is 5.78 Å². The standard InChI is InChI=1S/C13H10Br2O3S/c1-17-10-5-9(14)11(18-2)4-8(10)13(16)7-3-12(15)19-6-7/h3-6H,1-2H3. The van der Waals surface area contributed by atoms with Crippen LogP contribution in [-0.2, 0) is 0 Å². The van der Waals surface area contributed by atoms with E-state index in [1.165, 1.54) is 18.4 Å². The fraction of sp³-hybridized carbons (Fsp3) is 0.154. The van der Waals surface area contributed by atoms with Crippen LogP contribution < -0.4 is 9.47 Å².